The topological polar surface area (TPSA) is 39.1 Å². The van der Waals surface area contributed by atoms with Gasteiger partial charge in [-0.15, -0.1) is 0 Å². The van der Waals surface area contributed by atoms with E-state index in [9.17, 15) is 0 Å². The van der Waals surface area contributed by atoms with Crippen LogP contribution in [0.25, 0.3) is 0 Å². The normalized spacial score (nSPS) is 12.4. The average molecular weight is 287 g/mol. The van der Waals surface area contributed by atoms with Crippen LogP contribution in [0.5, 0.6) is 5.75 Å². The van der Waals surface area contributed by atoms with Gasteiger partial charge >= 0.3 is 0 Å². The molecule has 21 heavy (non-hydrogen) atoms. The summed E-state index contributed by atoms with van der Waals surface area (Å²) < 4.78 is 7.72. The van der Waals surface area contributed by atoms with Crippen LogP contribution in [-0.4, -0.2) is 22.4 Å². The Morgan fingerprint density at radius 3 is 2.43 bits per heavy atom. The van der Waals surface area contributed by atoms with Crippen LogP contribution in [-0.2, 0) is 13.6 Å². The second-order valence-electron chi connectivity index (χ2n) is 5.68. The lowest BCUT2D eigenvalue weighted by Crippen LogP contribution is -2.31. The fourth-order valence-electron chi connectivity index (χ4n) is 2.26. The number of nitrogens with zero attached hydrogens (tertiary/aromatic N) is 2. The quantitative estimate of drug-likeness (QED) is 0.888. The monoisotopic (exact) mass is 287 g/mol. The third-order valence-corrected chi connectivity index (χ3v) is 3.81. The molecule has 2 aromatic rings. The second-order valence-corrected chi connectivity index (χ2v) is 5.68. The van der Waals surface area contributed by atoms with E-state index in [-0.39, 0.29) is 6.04 Å². The lowest BCUT2D eigenvalue weighted by Gasteiger charge is -2.15. The maximum Gasteiger partial charge on any atom is 0.119 e. The first-order valence-electron chi connectivity index (χ1n) is 7.39. The lowest BCUT2D eigenvalue weighted by molar-refractivity contribution is 0.272. The molecule has 2 rings (SSSR count). The van der Waals surface area contributed by atoms with Crippen molar-refractivity contribution in [1.29, 1.82) is 0 Å². The van der Waals surface area contributed by atoms with E-state index in [2.05, 4.69) is 50.2 Å². The minimum atomic E-state index is 0.283. The average Bonchev–Trinajstić information content (AvgIpc) is 2.69. The predicted molar refractivity (Wildman–Crippen MR) is 85.7 cm³/mol. The molecule has 114 valence electrons. The molecule has 0 saturated heterocycles. The SMILES string of the molecule is Cc1ccc(OCC(C)NCc2c(C)nn(C)c2C)cc1. The Bertz CT molecular complexity index is 587. The van der Waals surface area contributed by atoms with Crippen molar-refractivity contribution < 1.29 is 4.74 Å². The number of ether oxygens (including phenoxy) is 1. The van der Waals surface area contributed by atoms with Crippen LogP contribution in [0.4, 0.5) is 0 Å². The van der Waals surface area contributed by atoms with Gasteiger partial charge < -0.3 is 10.1 Å². The Balaban J connectivity index is 1.82. The molecule has 1 heterocycles. The zero-order valence-electron chi connectivity index (χ0n) is 13.6. The van der Waals surface area contributed by atoms with E-state index in [0.29, 0.717) is 6.61 Å². The maximum absolute atomic E-state index is 5.79. The van der Waals surface area contributed by atoms with Crippen molar-refractivity contribution in [3.63, 3.8) is 0 Å². The molecule has 1 aromatic heterocycles. The molecule has 1 atom stereocenters. The Hall–Kier alpha value is -1.81. The molecule has 0 fully saturated rings. The summed E-state index contributed by atoms with van der Waals surface area (Å²) >= 11 is 0. The van der Waals surface area contributed by atoms with Gasteiger partial charge in [-0.25, -0.2) is 0 Å². The van der Waals surface area contributed by atoms with Gasteiger partial charge in [0.25, 0.3) is 0 Å². The summed E-state index contributed by atoms with van der Waals surface area (Å²) in [7, 11) is 1.98. The first kappa shape index (κ1) is 15.6. The number of aromatic nitrogens is 2. The summed E-state index contributed by atoms with van der Waals surface area (Å²) in [6.07, 6.45) is 0. The van der Waals surface area contributed by atoms with Gasteiger partial charge in [0.15, 0.2) is 0 Å². The fraction of sp³-hybridized carbons (Fsp3) is 0.471. The van der Waals surface area contributed by atoms with Crippen molar-refractivity contribution in [2.24, 2.45) is 7.05 Å². The summed E-state index contributed by atoms with van der Waals surface area (Å²) in [6.45, 7) is 9.84. The van der Waals surface area contributed by atoms with Crippen molar-refractivity contribution >= 4 is 0 Å². The minimum absolute atomic E-state index is 0.283. The molecular weight excluding hydrogens is 262 g/mol. The smallest absolute Gasteiger partial charge is 0.119 e. The number of rotatable bonds is 6. The molecular formula is C17H25N3O. The van der Waals surface area contributed by atoms with Crippen molar-refractivity contribution in [3.05, 3.63) is 46.8 Å². The highest BCUT2D eigenvalue weighted by molar-refractivity contribution is 5.26. The molecule has 0 aliphatic rings. The molecule has 4 nitrogen and oxygen atoms in total. The Labute approximate surface area is 127 Å². The van der Waals surface area contributed by atoms with Gasteiger partial charge in [0.1, 0.15) is 12.4 Å². The van der Waals surface area contributed by atoms with Crippen LogP contribution >= 0.6 is 0 Å². The molecule has 0 saturated carbocycles. The van der Waals surface area contributed by atoms with Gasteiger partial charge in [0.05, 0.1) is 5.69 Å². The molecule has 0 aliphatic heterocycles. The van der Waals surface area contributed by atoms with Crippen molar-refractivity contribution in [3.8, 4) is 5.75 Å². The molecule has 0 aliphatic carbocycles. The van der Waals surface area contributed by atoms with E-state index in [4.69, 9.17) is 4.74 Å². The highest BCUT2D eigenvalue weighted by Crippen LogP contribution is 2.13. The van der Waals surface area contributed by atoms with Gasteiger partial charge in [-0.05, 0) is 39.8 Å². The van der Waals surface area contributed by atoms with Gasteiger partial charge in [-0.1, -0.05) is 17.7 Å². The van der Waals surface area contributed by atoms with Gasteiger partial charge in [0, 0.05) is 30.9 Å². The van der Waals surface area contributed by atoms with Crippen molar-refractivity contribution in [2.45, 2.75) is 40.3 Å². The summed E-state index contributed by atoms with van der Waals surface area (Å²) in [6, 6.07) is 8.44. The van der Waals surface area contributed by atoms with E-state index in [1.54, 1.807) is 0 Å². The van der Waals surface area contributed by atoms with Gasteiger partial charge in [-0.2, -0.15) is 5.10 Å². The molecule has 1 N–H and O–H groups in total. The van der Waals surface area contributed by atoms with E-state index in [1.165, 1.54) is 16.8 Å². The number of aryl methyl sites for hydroxylation is 3. The molecule has 0 amide bonds. The van der Waals surface area contributed by atoms with Crippen molar-refractivity contribution in [2.75, 3.05) is 6.61 Å². The standard InChI is InChI=1S/C17H25N3O/c1-12-6-8-16(9-7-12)21-11-13(2)18-10-17-14(3)19-20(5)15(17)4/h6-9,13,18H,10-11H2,1-5H3. The highest BCUT2D eigenvalue weighted by atomic mass is 16.5. The number of nitrogens with one attached hydrogen (secondary N) is 1. The molecule has 0 spiro atoms. The first-order chi connectivity index (χ1) is 9.97. The fourth-order valence-corrected chi connectivity index (χ4v) is 2.26. The van der Waals surface area contributed by atoms with Gasteiger partial charge in [0.2, 0.25) is 0 Å². The van der Waals surface area contributed by atoms with Crippen LogP contribution in [0.3, 0.4) is 0 Å². The molecule has 4 heteroatoms. The van der Waals surface area contributed by atoms with Crippen LogP contribution in [0.1, 0.15) is 29.4 Å². The minimum Gasteiger partial charge on any atom is -0.492 e. The van der Waals surface area contributed by atoms with Crippen LogP contribution < -0.4 is 10.1 Å². The lowest BCUT2D eigenvalue weighted by atomic mass is 10.2. The number of hydrogen-bond donors (Lipinski definition) is 1. The van der Waals surface area contributed by atoms with Crippen LogP contribution in [0.15, 0.2) is 24.3 Å². The molecule has 0 radical (unpaired) electrons. The Morgan fingerprint density at radius 1 is 1.19 bits per heavy atom. The van der Waals surface area contributed by atoms with E-state index in [0.717, 1.165) is 18.0 Å². The van der Waals surface area contributed by atoms with E-state index < -0.39 is 0 Å². The Kier molecular flexibility index (Phi) is 5.02. The third kappa shape index (κ3) is 4.08. The predicted octanol–water partition coefficient (Wildman–Crippen LogP) is 2.90. The van der Waals surface area contributed by atoms with Crippen molar-refractivity contribution in [1.82, 2.24) is 15.1 Å². The summed E-state index contributed by atoms with van der Waals surface area (Å²) in [4.78, 5) is 0. The van der Waals surface area contributed by atoms with Crippen LogP contribution in [0, 0.1) is 20.8 Å². The zero-order chi connectivity index (χ0) is 15.4. The number of hydrogen-bond acceptors (Lipinski definition) is 3. The van der Waals surface area contributed by atoms with Crippen LogP contribution in [0.2, 0.25) is 0 Å². The number of benzene rings is 1. The largest absolute Gasteiger partial charge is 0.492 e. The summed E-state index contributed by atoms with van der Waals surface area (Å²) in [5.41, 5.74) is 4.83. The third-order valence-electron chi connectivity index (χ3n) is 3.81. The molecule has 1 aromatic carbocycles. The summed E-state index contributed by atoms with van der Waals surface area (Å²) in [5.74, 6) is 0.919. The zero-order valence-corrected chi connectivity index (χ0v) is 13.6. The maximum atomic E-state index is 5.79. The first-order valence-corrected chi connectivity index (χ1v) is 7.39. The molecule has 0 bridgehead atoms. The van der Waals surface area contributed by atoms with Gasteiger partial charge in [-0.3, -0.25) is 4.68 Å². The summed E-state index contributed by atoms with van der Waals surface area (Å²) in [5, 5.41) is 7.93. The highest BCUT2D eigenvalue weighted by Gasteiger charge is 2.10. The Morgan fingerprint density at radius 2 is 1.86 bits per heavy atom. The second kappa shape index (κ2) is 6.76. The molecule has 1 unspecified atom stereocenters. The van der Waals surface area contributed by atoms with E-state index >= 15 is 0 Å². The van der Waals surface area contributed by atoms with E-state index in [1.807, 2.05) is 23.9 Å².